The molecule has 0 aromatic heterocycles. The first kappa shape index (κ1) is 16.5. The van der Waals surface area contributed by atoms with E-state index in [1.165, 1.54) is 0 Å². The minimum atomic E-state index is -0.348. The molecule has 0 saturated carbocycles. The quantitative estimate of drug-likeness (QED) is 0.771. The number of carbonyl (C=O) groups is 2. The Labute approximate surface area is 135 Å². The summed E-state index contributed by atoms with van der Waals surface area (Å²) in [5.41, 5.74) is 2.32. The van der Waals surface area contributed by atoms with Gasteiger partial charge in [0.15, 0.2) is 0 Å². The van der Waals surface area contributed by atoms with E-state index >= 15 is 0 Å². The molecule has 2 N–H and O–H groups in total. The van der Waals surface area contributed by atoms with Crippen LogP contribution >= 0.6 is 0 Å². The van der Waals surface area contributed by atoms with Crippen molar-refractivity contribution in [2.24, 2.45) is 0 Å². The number of amides is 1. The molecule has 0 radical (unpaired) electrons. The number of ether oxygens (including phenoxy) is 1. The van der Waals surface area contributed by atoms with E-state index in [9.17, 15) is 9.59 Å². The van der Waals surface area contributed by atoms with Crippen molar-refractivity contribution in [3.8, 4) is 0 Å². The molecule has 0 bridgehead atoms. The SMILES string of the molecule is CCOC(=O)c1ccc(NCC(=O)NCc2ccccc2)cc1. The van der Waals surface area contributed by atoms with Crippen molar-refractivity contribution >= 4 is 17.6 Å². The fourth-order valence-corrected chi connectivity index (χ4v) is 1.98. The number of esters is 1. The fourth-order valence-electron chi connectivity index (χ4n) is 1.98. The number of carbonyl (C=O) groups excluding carboxylic acids is 2. The standard InChI is InChI=1S/C18H20N2O3/c1-2-23-18(22)15-8-10-16(11-9-15)19-13-17(21)20-12-14-6-4-3-5-7-14/h3-11,19H,2,12-13H2,1H3,(H,20,21). The molecule has 120 valence electrons. The average Bonchev–Trinajstić information content (AvgIpc) is 2.59. The van der Waals surface area contributed by atoms with Crippen LogP contribution in [0.25, 0.3) is 0 Å². The highest BCUT2D eigenvalue weighted by atomic mass is 16.5. The molecule has 0 aliphatic carbocycles. The predicted octanol–water partition coefficient (Wildman–Crippen LogP) is 2.59. The lowest BCUT2D eigenvalue weighted by Crippen LogP contribution is -2.29. The molecule has 23 heavy (non-hydrogen) atoms. The molecule has 2 aromatic rings. The summed E-state index contributed by atoms with van der Waals surface area (Å²) < 4.78 is 4.92. The van der Waals surface area contributed by atoms with Crippen molar-refractivity contribution in [1.29, 1.82) is 0 Å². The Bertz CT molecular complexity index is 639. The summed E-state index contributed by atoms with van der Waals surface area (Å²) >= 11 is 0. The monoisotopic (exact) mass is 312 g/mol. The maximum Gasteiger partial charge on any atom is 0.338 e. The van der Waals surface area contributed by atoms with E-state index in [4.69, 9.17) is 4.74 Å². The fraction of sp³-hybridized carbons (Fsp3) is 0.222. The van der Waals surface area contributed by atoms with Crippen molar-refractivity contribution < 1.29 is 14.3 Å². The molecule has 0 fully saturated rings. The first-order valence-corrected chi connectivity index (χ1v) is 7.50. The third kappa shape index (κ3) is 5.47. The molecule has 1 amide bonds. The number of benzene rings is 2. The summed E-state index contributed by atoms with van der Waals surface area (Å²) in [5.74, 6) is -0.442. The lowest BCUT2D eigenvalue weighted by molar-refractivity contribution is -0.119. The number of anilines is 1. The molecular weight excluding hydrogens is 292 g/mol. The van der Waals surface area contributed by atoms with Gasteiger partial charge in [-0.1, -0.05) is 30.3 Å². The van der Waals surface area contributed by atoms with Gasteiger partial charge >= 0.3 is 5.97 Å². The Hall–Kier alpha value is -2.82. The van der Waals surface area contributed by atoms with E-state index in [1.54, 1.807) is 31.2 Å². The Kier molecular flexibility index (Phi) is 6.17. The van der Waals surface area contributed by atoms with Gasteiger partial charge in [0.05, 0.1) is 18.7 Å². The second kappa shape index (κ2) is 8.58. The van der Waals surface area contributed by atoms with Crippen LogP contribution in [0, 0.1) is 0 Å². The Balaban J connectivity index is 1.77. The summed E-state index contributed by atoms with van der Waals surface area (Å²) in [5, 5.41) is 5.85. The van der Waals surface area contributed by atoms with E-state index < -0.39 is 0 Å². The Morgan fingerprint density at radius 3 is 2.35 bits per heavy atom. The van der Waals surface area contributed by atoms with Crippen LogP contribution in [-0.2, 0) is 16.1 Å². The van der Waals surface area contributed by atoms with Crippen molar-refractivity contribution in [3.63, 3.8) is 0 Å². The molecule has 0 aliphatic heterocycles. The molecule has 0 heterocycles. The molecule has 0 spiro atoms. The van der Waals surface area contributed by atoms with Crippen LogP contribution in [0.2, 0.25) is 0 Å². The Morgan fingerprint density at radius 1 is 1.00 bits per heavy atom. The number of hydrogen-bond donors (Lipinski definition) is 2. The lowest BCUT2D eigenvalue weighted by atomic mass is 10.2. The van der Waals surface area contributed by atoms with Gasteiger partial charge in [-0.2, -0.15) is 0 Å². The topological polar surface area (TPSA) is 67.4 Å². The van der Waals surface area contributed by atoms with Gasteiger partial charge in [-0.25, -0.2) is 4.79 Å². The van der Waals surface area contributed by atoms with Gasteiger partial charge in [-0.05, 0) is 36.8 Å². The minimum Gasteiger partial charge on any atom is -0.462 e. The molecule has 2 rings (SSSR count). The van der Waals surface area contributed by atoms with Crippen LogP contribution in [0.1, 0.15) is 22.8 Å². The molecule has 5 nitrogen and oxygen atoms in total. The van der Waals surface area contributed by atoms with E-state index in [0.717, 1.165) is 11.3 Å². The zero-order valence-electron chi connectivity index (χ0n) is 13.0. The molecule has 0 unspecified atom stereocenters. The summed E-state index contributed by atoms with van der Waals surface area (Å²) in [7, 11) is 0. The molecule has 0 saturated heterocycles. The first-order chi connectivity index (χ1) is 11.2. The molecule has 5 heteroatoms. The zero-order valence-corrected chi connectivity index (χ0v) is 13.0. The normalized spacial score (nSPS) is 9.96. The van der Waals surface area contributed by atoms with Crippen molar-refractivity contribution in [3.05, 3.63) is 65.7 Å². The van der Waals surface area contributed by atoms with Crippen molar-refractivity contribution in [1.82, 2.24) is 5.32 Å². The van der Waals surface area contributed by atoms with Crippen LogP contribution in [0.5, 0.6) is 0 Å². The van der Waals surface area contributed by atoms with Gasteiger partial charge in [-0.3, -0.25) is 4.79 Å². The van der Waals surface area contributed by atoms with Crippen LogP contribution in [0.15, 0.2) is 54.6 Å². The van der Waals surface area contributed by atoms with Gasteiger partial charge in [-0.15, -0.1) is 0 Å². The lowest BCUT2D eigenvalue weighted by Gasteiger charge is -2.08. The highest BCUT2D eigenvalue weighted by Gasteiger charge is 2.06. The zero-order chi connectivity index (χ0) is 16.5. The van der Waals surface area contributed by atoms with E-state index in [-0.39, 0.29) is 18.4 Å². The van der Waals surface area contributed by atoms with Gasteiger partial charge in [0.1, 0.15) is 0 Å². The number of hydrogen-bond acceptors (Lipinski definition) is 4. The average molecular weight is 312 g/mol. The van der Waals surface area contributed by atoms with Gasteiger partial charge in [0.25, 0.3) is 0 Å². The highest BCUT2D eigenvalue weighted by Crippen LogP contribution is 2.10. The molecule has 0 aliphatic rings. The third-order valence-electron chi connectivity index (χ3n) is 3.18. The van der Waals surface area contributed by atoms with Gasteiger partial charge < -0.3 is 15.4 Å². The number of rotatable bonds is 7. The summed E-state index contributed by atoms with van der Waals surface area (Å²) in [4.78, 5) is 23.3. The van der Waals surface area contributed by atoms with Crippen molar-refractivity contribution in [2.75, 3.05) is 18.5 Å². The minimum absolute atomic E-state index is 0.0941. The number of nitrogens with one attached hydrogen (secondary N) is 2. The summed E-state index contributed by atoms with van der Waals surface area (Å²) in [6.07, 6.45) is 0. The highest BCUT2D eigenvalue weighted by molar-refractivity contribution is 5.90. The largest absolute Gasteiger partial charge is 0.462 e. The summed E-state index contributed by atoms with van der Waals surface area (Å²) in [6, 6.07) is 16.6. The smallest absolute Gasteiger partial charge is 0.338 e. The van der Waals surface area contributed by atoms with E-state index in [1.807, 2.05) is 30.3 Å². The van der Waals surface area contributed by atoms with Gasteiger partial charge in [0, 0.05) is 12.2 Å². The third-order valence-corrected chi connectivity index (χ3v) is 3.18. The van der Waals surface area contributed by atoms with Crippen LogP contribution in [-0.4, -0.2) is 25.0 Å². The Morgan fingerprint density at radius 2 is 1.70 bits per heavy atom. The van der Waals surface area contributed by atoms with Crippen molar-refractivity contribution in [2.45, 2.75) is 13.5 Å². The maximum absolute atomic E-state index is 11.8. The van der Waals surface area contributed by atoms with Crippen LogP contribution in [0.3, 0.4) is 0 Å². The molecule has 0 atom stereocenters. The first-order valence-electron chi connectivity index (χ1n) is 7.50. The molecular formula is C18H20N2O3. The maximum atomic E-state index is 11.8. The van der Waals surface area contributed by atoms with E-state index in [0.29, 0.717) is 18.7 Å². The van der Waals surface area contributed by atoms with Crippen LogP contribution in [0.4, 0.5) is 5.69 Å². The second-order valence-electron chi connectivity index (χ2n) is 4.91. The van der Waals surface area contributed by atoms with Gasteiger partial charge in [0.2, 0.25) is 5.91 Å². The predicted molar refractivity (Wildman–Crippen MR) is 89.2 cm³/mol. The molecule has 2 aromatic carbocycles. The summed E-state index contributed by atoms with van der Waals surface area (Å²) in [6.45, 7) is 2.79. The van der Waals surface area contributed by atoms with E-state index in [2.05, 4.69) is 10.6 Å². The van der Waals surface area contributed by atoms with Crippen LogP contribution < -0.4 is 10.6 Å². The second-order valence-corrected chi connectivity index (χ2v) is 4.91.